The van der Waals surface area contributed by atoms with Crippen molar-refractivity contribution in [3.05, 3.63) is 198 Å². The zero-order chi connectivity index (χ0) is 41.7. The normalized spacial score (nSPS) is 10.7. The highest BCUT2D eigenvalue weighted by Gasteiger charge is 2.28. The molecule has 58 heavy (non-hydrogen) atoms. The zero-order valence-electron chi connectivity index (χ0n) is 29.8. The van der Waals surface area contributed by atoms with Crippen LogP contribution in [-0.2, 0) is 13.1 Å². The monoisotopic (exact) mass is 786 g/mol. The molecule has 0 bridgehead atoms. The van der Waals surface area contributed by atoms with Crippen molar-refractivity contribution in [3.8, 4) is 11.1 Å². The van der Waals surface area contributed by atoms with Gasteiger partial charge in [-0.1, -0.05) is 48.5 Å². The van der Waals surface area contributed by atoms with Crippen molar-refractivity contribution in [2.24, 2.45) is 0 Å². The van der Waals surface area contributed by atoms with Crippen molar-refractivity contribution in [1.29, 1.82) is 0 Å². The number of pyridine rings is 2. The number of aromatic nitrogens is 2. The summed E-state index contributed by atoms with van der Waals surface area (Å²) in [6, 6.07) is 38.5. The van der Waals surface area contributed by atoms with Gasteiger partial charge in [-0.15, -0.1) is 0 Å². The largest absolute Gasteiger partial charge is 0.478 e. The maximum absolute atomic E-state index is 15.3. The second-order valence-electron chi connectivity index (χ2n) is 12.7. The molecular weight excluding hydrogens is 758 g/mol. The number of hydrogen-bond acceptors (Lipinski definition) is 8. The fourth-order valence-corrected chi connectivity index (χ4v) is 7.03. The van der Waals surface area contributed by atoms with Crippen LogP contribution in [0.25, 0.3) is 54.7 Å². The number of benzene rings is 6. The first-order valence-corrected chi connectivity index (χ1v) is 17.1. The number of hydrogen-bond donors (Lipinski definition) is 2. The van der Waals surface area contributed by atoms with Gasteiger partial charge in [0.2, 0.25) is 22.1 Å². The van der Waals surface area contributed by atoms with E-state index < -0.39 is 33.7 Å². The number of aromatic carboxylic acids is 2. The maximum atomic E-state index is 15.3. The third-order valence-electron chi connectivity index (χ3n) is 9.30. The van der Waals surface area contributed by atoms with Crippen LogP contribution in [0.2, 0.25) is 0 Å². The molecule has 290 valence electrons. The highest BCUT2D eigenvalue weighted by Crippen LogP contribution is 2.42. The van der Waals surface area contributed by atoms with Crippen LogP contribution in [0, 0.1) is 42.3 Å². The van der Waals surface area contributed by atoms with Crippen molar-refractivity contribution < 1.29 is 47.9 Å². The van der Waals surface area contributed by atoms with Crippen molar-refractivity contribution in [2.45, 2.75) is 13.1 Å². The summed E-state index contributed by atoms with van der Waals surface area (Å²) < 4.78 is 34.8. The standard InChI is InChI=1S/C42H26F2N2O4.2NO3/c43-29-17-19-37-33(21-29)39(31-5-1-3-7-35(31)45(37)23-25-9-13-27(14-10-25)41(47)48)40-32-6-2-4-8-36(32)46(38-20-18-30(44)22-34(38)40)24-26-11-15-28(16-12-26)42(49)50;2*2-1(3)4/h1-22H,23-24H2;;/q;2*-1/p+2. The zero-order valence-corrected chi connectivity index (χ0v) is 29.8. The van der Waals surface area contributed by atoms with Gasteiger partial charge >= 0.3 is 11.9 Å². The Morgan fingerprint density at radius 1 is 0.483 bits per heavy atom. The minimum atomic E-state index is -1.75. The Morgan fingerprint density at radius 2 is 0.793 bits per heavy atom. The molecule has 0 aliphatic heterocycles. The molecule has 0 aliphatic rings. The molecule has 2 aromatic heterocycles. The Bertz CT molecular complexity index is 2700. The lowest BCUT2D eigenvalue weighted by Gasteiger charge is -2.17. The van der Waals surface area contributed by atoms with Crippen LogP contribution >= 0.6 is 0 Å². The molecule has 0 atom stereocenters. The van der Waals surface area contributed by atoms with Crippen LogP contribution in [0.15, 0.2) is 133 Å². The molecule has 8 aromatic rings. The van der Waals surface area contributed by atoms with Crippen molar-refractivity contribution in [2.75, 3.05) is 0 Å². The second kappa shape index (κ2) is 16.7. The molecule has 2 N–H and O–H groups in total. The second-order valence-corrected chi connectivity index (χ2v) is 12.7. The Morgan fingerprint density at radius 3 is 1.12 bits per heavy atom. The molecule has 2 heterocycles. The average molecular weight is 787 g/mol. The molecule has 14 nitrogen and oxygen atoms in total. The summed E-state index contributed by atoms with van der Waals surface area (Å²) in [6.45, 7) is 0.794. The van der Waals surface area contributed by atoms with E-state index >= 15 is 8.78 Å². The number of halogens is 2. The Balaban J connectivity index is 0.000000651. The minimum Gasteiger partial charge on any atom is -0.478 e. The summed E-state index contributed by atoms with van der Waals surface area (Å²) in [4.78, 5) is 39.5. The molecular formula is C42H28F2N4O10. The van der Waals surface area contributed by atoms with E-state index in [1.165, 1.54) is 24.3 Å². The van der Waals surface area contributed by atoms with E-state index in [1.807, 2.05) is 48.5 Å². The van der Waals surface area contributed by atoms with Gasteiger partial charge in [0, 0.05) is 46.5 Å². The molecule has 0 fully saturated rings. The number of para-hydroxylation sites is 2. The highest BCUT2D eigenvalue weighted by molar-refractivity contribution is 6.18. The van der Waals surface area contributed by atoms with Gasteiger partial charge < -0.3 is 40.9 Å². The van der Waals surface area contributed by atoms with Crippen LogP contribution in [0.5, 0.6) is 0 Å². The summed E-state index contributed by atoms with van der Waals surface area (Å²) in [7, 11) is 0. The van der Waals surface area contributed by atoms with E-state index in [0.717, 1.165) is 55.1 Å². The van der Waals surface area contributed by atoms with Crippen LogP contribution in [0.3, 0.4) is 0 Å². The fourth-order valence-electron chi connectivity index (χ4n) is 7.03. The summed E-state index contributed by atoms with van der Waals surface area (Å²) >= 11 is 0. The lowest BCUT2D eigenvalue weighted by Crippen LogP contribution is -2.37. The molecule has 0 radical (unpaired) electrons. The third-order valence-corrected chi connectivity index (χ3v) is 9.30. The highest BCUT2D eigenvalue weighted by atomic mass is 19.1. The maximum Gasteiger partial charge on any atom is 0.335 e. The first-order chi connectivity index (χ1) is 27.7. The van der Waals surface area contributed by atoms with E-state index in [4.69, 9.17) is 30.6 Å². The van der Waals surface area contributed by atoms with E-state index in [1.54, 1.807) is 60.7 Å². The Kier molecular flexibility index (Phi) is 11.4. The smallest absolute Gasteiger partial charge is 0.335 e. The SMILES string of the molecule is O=C(O)c1ccc(C[n+]2c3ccccc3c(-c3c4ccccc4[n+](Cc4ccc(C(=O)O)cc4)c4ccc(F)cc34)c3cc(F)ccc32)cc1.O=[N+]([O-])[O-].O=[N+]([O-])[O-]. The van der Waals surface area contributed by atoms with Gasteiger partial charge in [0.25, 0.3) is 0 Å². The number of rotatable bonds is 7. The van der Waals surface area contributed by atoms with Crippen molar-refractivity contribution in [1.82, 2.24) is 0 Å². The molecule has 0 aliphatic carbocycles. The van der Waals surface area contributed by atoms with E-state index in [-0.39, 0.29) is 11.1 Å². The number of nitrogens with zero attached hydrogens (tertiary/aromatic N) is 4. The number of fused-ring (bicyclic) bond motifs is 4. The van der Waals surface area contributed by atoms with Crippen molar-refractivity contribution >= 4 is 55.6 Å². The number of carbonyl (C=O) groups is 2. The molecule has 0 saturated heterocycles. The van der Waals surface area contributed by atoms with Gasteiger partial charge in [0.05, 0.1) is 42.8 Å². The number of carboxylic acid groups (broad SMARTS) is 2. The summed E-state index contributed by atoms with van der Waals surface area (Å²) in [5.74, 6) is -2.84. The van der Waals surface area contributed by atoms with Crippen LogP contribution < -0.4 is 9.13 Å². The topological polar surface area (TPSA) is 215 Å². The average Bonchev–Trinajstić information content (AvgIpc) is 3.18. The molecule has 0 spiro atoms. The van der Waals surface area contributed by atoms with Crippen molar-refractivity contribution in [3.63, 3.8) is 0 Å². The Hall–Kier alpha value is -8.14. The fraction of sp³-hybridized carbons (Fsp3) is 0.0476. The Labute approximate surface area is 325 Å². The van der Waals surface area contributed by atoms with Gasteiger partial charge in [0.1, 0.15) is 11.6 Å². The molecule has 0 saturated carbocycles. The van der Waals surface area contributed by atoms with Gasteiger partial charge in [-0.25, -0.2) is 18.4 Å². The molecule has 16 heteroatoms. The summed E-state index contributed by atoms with van der Waals surface area (Å²) in [5.41, 5.74) is 6.90. The number of carboxylic acids is 2. The van der Waals surface area contributed by atoms with E-state index in [9.17, 15) is 19.8 Å². The lowest BCUT2D eigenvalue weighted by atomic mass is 9.89. The molecule has 8 rings (SSSR count). The summed E-state index contributed by atoms with van der Waals surface area (Å²) in [6.07, 6.45) is 0. The third kappa shape index (κ3) is 8.40. The minimum absolute atomic E-state index is 0.190. The van der Waals surface area contributed by atoms with Crippen LogP contribution in [0.4, 0.5) is 8.78 Å². The van der Waals surface area contributed by atoms with E-state index in [0.29, 0.717) is 23.9 Å². The molecule has 0 amide bonds. The predicted molar refractivity (Wildman–Crippen MR) is 208 cm³/mol. The lowest BCUT2D eigenvalue weighted by molar-refractivity contribution is -0.636. The first-order valence-electron chi connectivity index (χ1n) is 17.1. The van der Waals surface area contributed by atoms with Gasteiger partial charge in [-0.3, -0.25) is 0 Å². The first kappa shape index (κ1) is 39.6. The van der Waals surface area contributed by atoms with Gasteiger partial charge in [-0.05, 0) is 60.7 Å². The molecule has 0 unspecified atom stereocenters. The van der Waals surface area contributed by atoms with Crippen LogP contribution in [0.1, 0.15) is 31.8 Å². The van der Waals surface area contributed by atoms with Crippen LogP contribution in [-0.4, -0.2) is 32.3 Å². The van der Waals surface area contributed by atoms with Gasteiger partial charge in [-0.2, -0.15) is 9.13 Å². The predicted octanol–water partition coefficient (Wildman–Crippen LogP) is 7.83. The molecule has 6 aromatic carbocycles. The quantitative estimate of drug-likeness (QED) is 0.0691. The van der Waals surface area contributed by atoms with Gasteiger partial charge in [0.15, 0.2) is 13.1 Å². The summed E-state index contributed by atoms with van der Waals surface area (Å²) in [5, 5.41) is 51.3. The van der Waals surface area contributed by atoms with E-state index in [2.05, 4.69) is 9.13 Å².